The number of rotatable bonds is 5. The fourth-order valence-corrected chi connectivity index (χ4v) is 4.69. The predicted octanol–water partition coefficient (Wildman–Crippen LogP) is 3.32. The largest absolute Gasteiger partial charge is 0.326 e. The van der Waals surface area contributed by atoms with Crippen LogP contribution in [0, 0.1) is 20.8 Å². The molecule has 3 amide bonds. The van der Waals surface area contributed by atoms with Gasteiger partial charge in [-0.2, -0.15) is 0 Å². The second-order valence-corrected chi connectivity index (χ2v) is 9.04. The normalized spacial score (nSPS) is 11.0. The van der Waals surface area contributed by atoms with E-state index in [0.717, 1.165) is 0 Å². The molecular formula is C21H25N3O5S. The van der Waals surface area contributed by atoms with Crippen LogP contribution in [0.25, 0.3) is 0 Å². The maximum atomic E-state index is 13.5. The van der Waals surface area contributed by atoms with Crippen LogP contribution in [-0.2, 0) is 24.2 Å². The minimum Gasteiger partial charge on any atom is -0.326 e. The summed E-state index contributed by atoms with van der Waals surface area (Å²) in [5.41, 5.74) is 2.52. The summed E-state index contributed by atoms with van der Waals surface area (Å²) in [5.74, 6) is -1.06. The molecule has 0 bridgehead atoms. The predicted molar refractivity (Wildman–Crippen MR) is 115 cm³/mol. The minimum absolute atomic E-state index is 0.0256. The van der Waals surface area contributed by atoms with Gasteiger partial charge >= 0.3 is 0 Å². The zero-order chi connectivity index (χ0) is 22.8. The third kappa shape index (κ3) is 5.04. The number of amides is 3. The molecule has 0 aliphatic carbocycles. The van der Waals surface area contributed by atoms with Crippen LogP contribution in [0.4, 0.5) is 17.1 Å². The molecule has 0 radical (unpaired) electrons. The summed E-state index contributed by atoms with van der Waals surface area (Å²) in [6, 6.07) is 5.93. The molecule has 0 aliphatic heterocycles. The summed E-state index contributed by atoms with van der Waals surface area (Å²) in [6.07, 6.45) is 0. The Balaban J connectivity index is 2.76. The number of carbonyl (C=O) groups is 3. The van der Waals surface area contributed by atoms with Gasteiger partial charge in [0.2, 0.25) is 27.6 Å². The smallest absolute Gasteiger partial charge is 0.221 e. The Morgan fingerprint density at radius 2 is 1.07 bits per heavy atom. The Morgan fingerprint density at radius 1 is 0.667 bits per heavy atom. The van der Waals surface area contributed by atoms with Crippen molar-refractivity contribution in [2.24, 2.45) is 0 Å². The lowest BCUT2D eigenvalue weighted by Crippen LogP contribution is -2.14. The van der Waals surface area contributed by atoms with Crippen LogP contribution in [-0.4, -0.2) is 26.1 Å². The van der Waals surface area contributed by atoms with E-state index >= 15 is 0 Å². The highest BCUT2D eigenvalue weighted by Gasteiger charge is 2.25. The van der Waals surface area contributed by atoms with Crippen LogP contribution >= 0.6 is 0 Å². The number of benzene rings is 2. The summed E-state index contributed by atoms with van der Waals surface area (Å²) in [6.45, 7) is 8.96. The summed E-state index contributed by atoms with van der Waals surface area (Å²) >= 11 is 0. The van der Waals surface area contributed by atoms with Crippen molar-refractivity contribution in [2.75, 3.05) is 16.0 Å². The molecule has 0 atom stereocenters. The van der Waals surface area contributed by atoms with Crippen LogP contribution in [0.5, 0.6) is 0 Å². The fourth-order valence-electron chi connectivity index (χ4n) is 3.03. The van der Waals surface area contributed by atoms with E-state index in [1.807, 2.05) is 0 Å². The second kappa shape index (κ2) is 8.66. The van der Waals surface area contributed by atoms with E-state index < -0.39 is 9.84 Å². The van der Waals surface area contributed by atoms with E-state index in [4.69, 9.17) is 0 Å². The molecule has 2 rings (SSSR count). The van der Waals surface area contributed by atoms with E-state index in [9.17, 15) is 22.8 Å². The molecule has 0 unspecified atom stereocenters. The van der Waals surface area contributed by atoms with Crippen molar-refractivity contribution in [3.05, 3.63) is 41.0 Å². The standard InChI is InChI=1S/C21H25N3O5S/c1-11-7-18(22-14(4)25)13(3)21(8-11)30(28,29)17-9-19(23-15(5)26)12(2)20(10-17)24-16(6)27/h7-10H,1-6H3,(H,22,25)(H,23,26)(H,24,27). The van der Waals surface area contributed by atoms with Gasteiger partial charge in [-0.15, -0.1) is 0 Å². The monoisotopic (exact) mass is 431 g/mol. The van der Waals surface area contributed by atoms with E-state index in [-0.39, 0.29) is 38.9 Å². The molecule has 0 aromatic heterocycles. The van der Waals surface area contributed by atoms with Crippen LogP contribution in [0.1, 0.15) is 37.5 Å². The van der Waals surface area contributed by atoms with Crippen LogP contribution < -0.4 is 16.0 Å². The molecule has 0 spiro atoms. The Morgan fingerprint density at radius 3 is 1.47 bits per heavy atom. The number of sulfone groups is 1. The first kappa shape index (κ1) is 23.1. The van der Waals surface area contributed by atoms with Crippen LogP contribution in [0.15, 0.2) is 34.1 Å². The lowest BCUT2D eigenvalue weighted by atomic mass is 10.1. The van der Waals surface area contributed by atoms with Gasteiger partial charge in [-0.25, -0.2) is 8.42 Å². The van der Waals surface area contributed by atoms with Crippen molar-refractivity contribution in [1.82, 2.24) is 0 Å². The topological polar surface area (TPSA) is 121 Å². The van der Waals surface area contributed by atoms with Gasteiger partial charge in [-0.3, -0.25) is 14.4 Å². The first-order chi connectivity index (χ1) is 13.8. The Kier molecular flexibility index (Phi) is 6.66. The van der Waals surface area contributed by atoms with E-state index in [1.165, 1.54) is 39.0 Å². The van der Waals surface area contributed by atoms with Crippen molar-refractivity contribution in [1.29, 1.82) is 0 Å². The zero-order valence-corrected chi connectivity index (χ0v) is 18.6. The molecule has 0 fully saturated rings. The molecule has 2 aromatic carbocycles. The van der Waals surface area contributed by atoms with Gasteiger partial charge in [0.15, 0.2) is 0 Å². The van der Waals surface area contributed by atoms with E-state index in [2.05, 4.69) is 16.0 Å². The Bertz CT molecular complexity index is 1120. The second-order valence-electron chi connectivity index (χ2n) is 7.13. The van der Waals surface area contributed by atoms with Gasteiger partial charge in [0.25, 0.3) is 0 Å². The molecule has 30 heavy (non-hydrogen) atoms. The lowest BCUT2D eigenvalue weighted by Gasteiger charge is -2.17. The third-order valence-corrected chi connectivity index (χ3v) is 6.28. The van der Waals surface area contributed by atoms with E-state index in [0.29, 0.717) is 22.4 Å². The van der Waals surface area contributed by atoms with Gasteiger partial charge in [-0.05, 0) is 61.7 Å². The highest BCUT2D eigenvalue weighted by molar-refractivity contribution is 7.91. The molecule has 0 heterocycles. The average molecular weight is 432 g/mol. The van der Waals surface area contributed by atoms with Crippen molar-refractivity contribution >= 4 is 44.6 Å². The van der Waals surface area contributed by atoms with Crippen molar-refractivity contribution in [2.45, 2.75) is 51.3 Å². The number of hydrogen-bond acceptors (Lipinski definition) is 5. The van der Waals surface area contributed by atoms with Gasteiger partial charge in [0.05, 0.1) is 9.79 Å². The Hall–Kier alpha value is -3.20. The molecule has 0 saturated heterocycles. The minimum atomic E-state index is -4.04. The average Bonchev–Trinajstić information content (AvgIpc) is 2.59. The highest BCUT2D eigenvalue weighted by atomic mass is 32.2. The quantitative estimate of drug-likeness (QED) is 0.670. The molecule has 8 nitrogen and oxygen atoms in total. The van der Waals surface area contributed by atoms with E-state index in [1.54, 1.807) is 26.8 Å². The first-order valence-electron chi connectivity index (χ1n) is 9.16. The molecule has 160 valence electrons. The SMILES string of the molecule is CC(=O)Nc1cc(S(=O)(=O)c2cc(C)cc(NC(C)=O)c2C)cc(NC(C)=O)c1C. The van der Waals surface area contributed by atoms with Gasteiger partial charge in [-0.1, -0.05) is 0 Å². The molecule has 0 aliphatic rings. The zero-order valence-electron chi connectivity index (χ0n) is 17.8. The molecule has 2 aromatic rings. The van der Waals surface area contributed by atoms with Gasteiger partial charge in [0, 0.05) is 37.8 Å². The number of aryl methyl sites for hydroxylation is 1. The maximum absolute atomic E-state index is 13.5. The highest BCUT2D eigenvalue weighted by Crippen LogP contribution is 2.34. The van der Waals surface area contributed by atoms with Crippen molar-refractivity contribution in [3.63, 3.8) is 0 Å². The molecule has 0 saturated carbocycles. The third-order valence-electron chi connectivity index (χ3n) is 4.42. The fraction of sp³-hybridized carbons (Fsp3) is 0.286. The van der Waals surface area contributed by atoms with Crippen molar-refractivity contribution in [3.8, 4) is 0 Å². The lowest BCUT2D eigenvalue weighted by molar-refractivity contribution is -0.115. The Labute approximate surface area is 176 Å². The van der Waals surface area contributed by atoms with Crippen LogP contribution in [0.2, 0.25) is 0 Å². The molecule has 3 N–H and O–H groups in total. The summed E-state index contributed by atoms with van der Waals surface area (Å²) in [5, 5.41) is 7.85. The van der Waals surface area contributed by atoms with Crippen molar-refractivity contribution < 1.29 is 22.8 Å². The summed E-state index contributed by atoms with van der Waals surface area (Å²) in [7, 11) is -4.04. The number of nitrogens with one attached hydrogen (secondary N) is 3. The van der Waals surface area contributed by atoms with Gasteiger partial charge < -0.3 is 16.0 Å². The molecule has 9 heteroatoms. The summed E-state index contributed by atoms with van der Waals surface area (Å²) in [4.78, 5) is 34.6. The molecular weight excluding hydrogens is 406 g/mol. The number of hydrogen-bond donors (Lipinski definition) is 3. The number of anilines is 3. The summed E-state index contributed by atoms with van der Waals surface area (Å²) < 4.78 is 27.0. The van der Waals surface area contributed by atoms with Crippen LogP contribution in [0.3, 0.4) is 0 Å². The number of carbonyl (C=O) groups excluding carboxylic acids is 3. The first-order valence-corrected chi connectivity index (χ1v) is 10.6. The maximum Gasteiger partial charge on any atom is 0.221 e. The van der Waals surface area contributed by atoms with Gasteiger partial charge in [0.1, 0.15) is 0 Å².